The lowest BCUT2D eigenvalue weighted by atomic mass is 10.1. The molecule has 0 spiro atoms. The molecule has 1 N–H and O–H groups in total. The minimum atomic E-state index is -0.671. The van der Waals surface area contributed by atoms with Crippen molar-refractivity contribution in [2.45, 2.75) is 58.6 Å². The predicted octanol–water partition coefficient (Wildman–Crippen LogP) is 2.63. The molecule has 6 heteroatoms. The summed E-state index contributed by atoms with van der Waals surface area (Å²) in [4.78, 5) is 24.0. The molecule has 1 aromatic rings. The summed E-state index contributed by atoms with van der Waals surface area (Å²) in [5.74, 6) is 0.837. The lowest BCUT2D eigenvalue weighted by molar-refractivity contribution is -0.158. The third-order valence-electron chi connectivity index (χ3n) is 3.59. The Balaban J connectivity index is 1.83. The van der Waals surface area contributed by atoms with Crippen LogP contribution in [0, 0.1) is 0 Å². The number of carbonyl (C=O) groups excluding carboxylic acids is 2. The van der Waals surface area contributed by atoms with Gasteiger partial charge in [0.15, 0.2) is 11.5 Å². The first-order valence-electron chi connectivity index (χ1n) is 8.65. The van der Waals surface area contributed by atoms with Crippen LogP contribution in [0.1, 0.15) is 46.1 Å². The van der Waals surface area contributed by atoms with E-state index in [0.29, 0.717) is 19.6 Å². The Morgan fingerprint density at radius 2 is 1.88 bits per heavy atom. The number of rotatable bonds is 5. The maximum absolute atomic E-state index is 12.1. The summed E-state index contributed by atoms with van der Waals surface area (Å²) in [6, 6.07) is 5.04. The largest absolute Gasteiger partial charge is 0.490 e. The standard InChI is InChI=1S/C19H27NO5/c1-13(18(22)25-19(2,3)4)20-17(21)9-7-14-6-8-15-16(12-14)24-11-5-10-23-15/h6,8,12-13H,5,7,9-11H2,1-4H3,(H,20,21)/t13-/m0/s1. The van der Waals surface area contributed by atoms with Gasteiger partial charge in [-0.2, -0.15) is 0 Å². The van der Waals surface area contributed by atoms with Crippen LogP contribution in [0.25, 0.3) is 0 Å². The number of aryl methyl sites for hydroxylation is 1. The molecule has 138 valence electrons. The van der Waals surface area contributed by atoms with Gasteiger partial charge in [-0.25, -0.2) is 4.79 Å². The second-order valence-electron chi connectivity index (χ2n) is 7.15. The molecule has 0 aromatic heterocycles. The number of hydrogen-bond donors (Lipinski definition) is 1. The maximum atomic E-state index is 12.1. The van der Waals surface area contributed by atoms with Gasteiger partial charge in [-0.05, 0) is 51.8 Å². The summed E-state index contributed by atoms with van der Waals surface area (Å²) < 4.78 is 16.5. The molecule has 1 aliphatic rings. The first kappa shape index (κ1) is 19.1. The van der Waals surface area contributed by atoms with Gasteiger partial charge in [0.1, 0.15) is 11.6 Å². The summed E-state index contributed by atoms with van der Waals surface area (Å²) in [7, 11) is 0. The van der Waals surface area contributed by atoms with Gasteiger partial charge >= 0.3 is 5.97 Å². The van der Waals surface area contributed by atoms with Crippen LogP contribution < -0.4 is 14.8 Å². The van der Waals surface area contributed by atoms with Crippen molar-refractivity contribution in [2.75, 3.05) is 13.2 Å². The Hall–Kier alpha value is -2.24. The maximum Gasteiger partial charge on any atom is 0.328 e. The molecule has 1 amide bonds. The topological polar surface area (TPSA) is 73.9 Å². The summed E-state index contributed by atoms with van der Waals surface area (Å²) in [5, 5.41) is 2.68. The van der Waals surface area contributed by atoms with E-state index in [-0.39, 0.29) is 12.3 Å². The molecule has 0 aliphatic carbocycles. The highest BCUT2D eigenvalue weighted by Gasteiger charge is 2.22. The zero-order chi connectivity index (χ0) is 18.4. The Bertz CT molecular complexity index is 621. The molecule has 0 saturated heterocycles. The lowest BCUT2D eigenvalue weighted by Crippen LogP contribution is -2.42. The van der Waals surface area contributed by atoms with E-state index < -0.39 is 17.6 Å². The van der Waals surface area contributed by atoms with E-state index in [1.165, 1.54) is 0 Å². The van der Waals surface area contributed by atoms with Crippen molar-refractivity contribution in [3.63, 3.8) is 0 Å². The van der Waals surface area contributed by atoms with E-state index in [4.69, 9.17) is 14.2 Å². The van der Waals surface area contributed by atoms with Gasteiger partial charge in [0.2, 0.25) is 5.91 Å². The molecule has 6 nitrogen and oxygen atoms in total. The van der Waals surface area contributed by atoms with Crippen LogP contribution in [0.2, 0.25) is 0 Å². The summed E-state index contributed by atoms with van der Waals surface area (Å²) in [6.07, 6.45) is 1.70. The van der Waals surface area contributed by atoms with Gasteiger partial charge in [0, 0.05) is 12.8 Å². The smallest absolute Gasteiger partial charge is 0.328 e. The first-order chi connectivity index (χ1) is 11.7. The van der Waals surface area contributed by atoms with Crippen molar-refractivity contribution < 1.29 is 23.8 Å². The monoisotopic (exact) mass is 349 g/mol. The van der Waals surface area contributed by atoms with Gasteiger partial charge in [-0.3, -0.25) is 4.79 Å². The highest BCUT2D eigenvalue weighted by atomic mass is 16.6. The van der Waals surface area contributed by atoms with Crippen LogP contribution in [0.15, 0.2) is 18.2 Å². The van der Waals surface area contributed by atoms with Gasteiger partial charge < -0.3 is 19.5 Å². The second-order valence-corrected chi connectivity index (χ2v) is 7.15. The van der Waals surface area contributed by atoms with Crippen LogP contribution in [0.3, 0.4) is 0 Å². The van der Waals surface area contributed by atoms with E-state index in [0.717, 1.165) is 23.5 Å². The number of carbonyl (C=O) groups is 2. The SMILES string of the molecule is C[C@H](NC(=O)CCc1ccc2c(c1)OCCCO2)C(=O)OC(C)(C)C. The third kappa shape index (κ3) is 6.29. The number of esters is 1. The highest BCUT2D eigenvalue weighted by Crippen LogP contribution is 2.30. The van der Waals surface area contributed by atoms with Crippen molar-refractivity contribution in [2.24, 2.45) is 0 Å². The van der Waals surface area contributed by atoms with E-state index in [1.54, 1.807) is 27.7 Å². The number of fused-ring (bicyclic) bond motifs is 1. The van der Waals surface area contributed by atoms with Crippen molar-refractivity contribution >= 4 is 11.9 Å². The number of nitrogens with one attached hydrogen (secondary N) is 1. The molecule has 2 rings (SSSR count). The summed E-state index contributed by atoms with van der Waals surface area (Å²) in [6.45, 7) is 8.29. The molecule has 0 fully saturated rings. The molecule has 1 atom stereocenters. The van der Waals surface area contributed by atoms with Crippen molar-refractivity contribution in [3.05, 3.63) is 23.8 Å². The molecular weight excluding hydrogens is 322 g/mol. The minimum Gasteiger partial charge on any atom is -0.490 e. The highest BCUT2D eigenvalue weighted by molar-refractivity contribution is 5.84. The van der Waals surface area contributed by atoms with Crippen LogP contribution in [-0.4, -0.2) is 36.7 Å². The number of hydrogen-bond acceptors (Lipinski definition) is 5. The van der Waals surface area contributed by atoms with Crippen LogP contribution >= 0.6 is 0 Å². The third-order valence-corrected chi connectivity index (χ3v) is 3.59. The zero-order valence-corrected chi connectivity index (χ0v) is 15.4. The molecule has 0 radical (unpaired) electrons. The molecular formula is C19H27NO5. The van der Waals surface area contributed by atoms with Gasteiger partial charge in [-0.1, -0.05) is 6.07 Å². The lowest BCUT2D eigenvalue weighted by Gasteiger charge is -2.22. The molecule has 1 heterocycles. The number of ether oxygens (including phenoxy) is 3. The number of amides is 1. The predicted molar refractivity (Wildman–Crippen MR) is 93.8 cm³/mol. The van der Waals surface area contributed by atoms with E-state index >= 15 is 0 Å². The molecule has 1 aliphatic heterocycles. The molecule has 0 saturated carbocycles. The fourth-order valence-electron chi connectivity index (χ4n) is 2.38. The molecule has 1 aromatic carbocycles. The van der Waals surface area contributed by atoms with E-state index in [2.05, 4.69) is 5.32 Å². The van der Waals surface area contributed by atoms with Crippen molar-refractivity contribution in [3.8, 4) is 11.5 Å². The van der Waals surface area contributed by atoms with Gasteiger partial charge in [-0.15, -0.1) is 0 Å². The average molecular weight is 349 g/mol. The first-order valence-corrected chi connectivity index (χ1v) is 8.65. The quantitative estimate of drug-likeness (QED) is 0.827. The Morgan fingerprint density at radius 1 is 1.20 bits per heavy atom. The molecule has 0 unspecified atom stereocenters. The van der Waals surface area contributed by atoms with Crippen LogP contribution in [0.4, 0.5) is 0 Å². The van der Waals surface area contributed by atoms with Gasteiger partial charge in [0.25, 0.3) is 0 Å². The number of benzene rings is 1. The van der Waals surface area contributed by atoms with Crippen molar-refractivity contribution in [1.82, 2.24) is 5.32 Å². The Morgan fingerprint density at radius 3 is 2.56 bits per heavy atom. The second kappa shape index (κ2) is 8.23. The molecule has 25 heavy (non-hydrogen) atoms. The van der Waals surface area contributed by atoms with Crippen LogP contribution in [0.5, 0.6) is 11.5 Å². The summed E-state index contributed by atoms with van der Waals surface area (Å²) >= 11 is 0. The van der Waals surface area contributed by atoms with E-state index in [1.807, 2.05) is 18.2 Å². The average Bonchev–Trinajstić information content (AvgIpc) is 2.76. The zero-order valence-electron chi connectivity index (χ0n) is 15.4. The normalized spacial score (nSPS) is 15.0. The Kier molecular flexibility index (Phi) is 6.28. The fourth-order valence-corrected chi connectivity index (χ4v) is 2.38. The fraction of sp³-hybridized carbons (Fsp3) is 0.579. The van der Waals surface area contributed by atoms with E-state index in [9.17, 15) is 9.59 Å². The van der Waals surface area contributed by atoms with Crippen molar-refractivity contribution in [1.29, 1.82) is 0 Å². The van der Waals surface area contributed by atoms with Crippen LogP contribution in [-0.2, 0) is 20.7 Å². The summed E-state index contributed by atoms with van der Waals surface area (Å²) in [5.41, 5.74) is 0.421. The Labute approximate surface area is 148 Å². The van der Waals surface area contributed by atoms with Gasteiger partial charge in [0.05, 0.1) is 13.2 Å². The molecule has 0 bridgehead atoms. The minimum absolute atomic E-state index is 0.189.